The summed E-state index contributed by atoms with van der Waals surface area (Å²) in [6.07, 6.45) is 6.73. The van der Waals surface area contributed by atoms with E-state index in [0.29, 0.717) is 16.7 Å². The van der Waals surface area contributed by atoms with Crippen molar-refractivity contribution in [2.45, 2.75) is 62.4 Å². The third-order valence-corrected chi connectivity index (χ3v) is 8.08. The number of hydrogen-bond donors (Lipinski definition) is 0. The van der Waals surface area contributed by atoms with E-state index in [-0.39, 0.29) is 0 Å². The summed E-state index contributed by atoms with van der Waals surface area (Å²) < 4.78 is 0. The minimum absolute atomic E-state index is 0.463. The maximum Gasteiger partial charge on any atom is 0.225 e. The first-order valence-electron chi connectivity index (χ1n) is 11.8. The van der Waals surface area contributed by atoms with Crippen LogP contribution in [0, 0.1) is 5.41 Å². The minimum Gasteiger partial charge on any atom is -0.336 e. The molecule has 3 fully saturated rings. The summed E-state index contributed by atoms with van der Waals surface area (Å²) in [5, 5.41) is 0.559. The number of anilines is 1. The van der Waals surface area contributed by atoms with Gasteiger partial charge in [0.2, 0.25) is 5.95 Å². The van der Waals surface area contributed by atoms with E-state index in [1.165, 1.54) is 31.5 Å². The summed E-state index contributed by atoms with van der Waals surface area (Å²) in [6.45, 7) is 13.7. The molecule has 1 spiro atoms. The van der Waals surface area contributed by atoms with Crippen LogP contribution in [0.15, 0.2) is 47.6 Å². The molecular weight excluding hydrogens is 402 g/mol. The second-order valence-corrected chi connectivity index (χ2v) is 11.8. The van der Waals surface area contributed by atoms with Gasteiger partial charge in [0.1, 0.15) is 0 Å². The molecule has 1 atom stereocenters. The van der Waals surface area contributed by atoms with Gasteiger partial charge in [-0.2, -0.15) is 0 Å². The molecule has 5 nitrogen and oxygen atoms in total. The van der Waals surface area contributed by atoms with Gasteiger partial charge in [0.05, 0.1) is 0 Å². The number of aromatic nitrogens is 2. The predicted octanol–water partition coefficient (Wildman–Crippen LogP) is 4.15. The van der Waals surface area contributed by atoms with Crippen molar-refractivity contribution < 1.29 is 0 Å². The van der Waals surface area contributed by atoms with E-state index in [2.05, 4.69) is 75.8 Å². The quantitative estimate of drug-likeness (QED) is 0.632. The van der Waals surface area contributed by atoms with Crippen LogP contribution in [0.25, 0.3) is 0 Å². The lowest BCUT2D eigenvalue weighted by Gasteiger charge is -2.62. The second-order valence-electron chi connectivity index (χ2n) is 10.1. The Morgan fingerprint density at radius 2 is 1.77 bits per heavy atom. The first-order chi connectivity index (χ1) is 15.0. The van der Waals surface area contributed by atoms with E-state index in [9.17, 15) is 0 Å². The van der Waals surface area contributed by atoms with Crippen LogP contribution in [0.3, 0.4) is 0 Å². The molecule has 3 heterocycles. The Balaban J connectivity index is 1.08. The SMILES string of the molecule is CC(C)Sc1cnc(N2CCN(C3CC4(C3)CN(Cc3ccccc3)C4)CC2C)nc1. The molecule has 5 rings (SSSR count). The highest BCUT2D eigenvalue weighted by molar-refractivity contribution is 7.99. The van der Waals surface area contributed by atoms with Gasteiger partial charge < -0.3 is 4.90 Å². The fourth-order valence-corrected chi connectivity index (χ4v) is 6.49. The van der Waals surface area contributed by atoms with Crippen molar-refractivity contribution in [2.24, 2.45) is 5.41 Å². The largest absolute Gasteiger partial charge is 0.336 e. The van der Waals surface area contributed by atoms with Crippen LogP contribution in [-0.2, 0) is 6.54 Å². The molecule has 0 bridgehead atoms. The van der Waals surface area contributed by atoms with E-state index >= 15 is 0 Å². The number of likely N-dealkylation sites (tertiary alicyclic amines) is 1. The van der Waals surface area contributed by atoms with Gasteiger partial charge in [0.15, 0.2) is 0 Å². The van der Waals surface area contributed by atoms with Crippen LogP contribution >= 0.6 is 11.8 Å². The third-order valence-electron chi connectivity index (χ3n) is 7.12. The Morgan fingerprint density at radius 3 is 2.42 bits per heavy atom. The van der Waals surface area contributed by atoms with Crippen LogP contribution in [0.5, 0.6) is 0 Å². The van der Waals surface area contributed by atoms with Crippen LogP contribution in [-0.4, -0.2) is 69.8 Å². The van der Waals surface area contributed by atoms with Crippen molar-refractivity contribution >= 4 is 17.7 Å². The number of rotatable bonds is 6. The Kier molecular flexibility index (Phi) is 5.97. The van der Waals surface area contributed by atoms with Gasteiger partial charge in [-0.05, 0) is 30.7 Å². The first kappa shape index (κ1) is 21.2. The zero-order chi connectivity index (χ0) is 21.4. The van der Waals surface area contributed by atoms with Gasteiger partial charge in [-0.1, -0.05) is 44.2 Å². The Morgan fingerprint density at radius 1 is 1.06 bits per heavy atom. The summed E-state index contributed by atoms with van der Waals surface area (Å²) in [5.41, 5.74) is 2.04. The lowest BCUT2D eigenvalue weighted by Crippen LogP contribution is -2.68. The standard InChI is InChI=1S/C25H35N5S/c1-19(2)31-23-13-26-24(27-14-23)30-10-9-29(15-20(30)3)22-11-25(12-22)17-28(18-25)16-21-7-5-4-6-8-21/h4-8,13-14,19-20,22H,9-12,15-18H2,1-3H3. The molecule has 2 aromatic rings. The van der Waals surface area contributed by atoms with Crippen molar-refractivity contribution in [2.75, 3.05) is 37.6 Å². The zero-order valence-corrected chi connectivity index (χ0v) is 19.9. The van der Waals surface area contributed by atoms with Crippen molar-refractivity contribution in [1.82, 2.24) is 19.8 Å². The molecule has 3 aliphatic rings. The molecule has 0 radical (unpaired) electrons. The molecule has 0 amide bonds. The molecule has 166 valence electrons. The lowest BCUT2D eigenvalue weighted by molar-refractivity contribution is -0.114. The molecule has 0 N–H and O–H groups in total. The topological polar surface area (TPSA) is 35.5 Å². The van der Waals surface area contributed by atoms with E-state index in [1.807, 2.05) is 24.2 Å². The van der Waals surface area contributed by atoms with Crippen LogP contribution in [0.4, 0.5) is 5.95 Å². The zero-order valence-electron chi connectivity index (χ0n) is 19.1. The maximum absolute atomic E-state index is 4.67. The number of benzene rings is 1. The average Bonchev–Trinajstić information content (AvgIpc) is 2.70. The molecule has 2 aliphatic heterocycles. The maximum atomic E-state index is 4.67. The second kappa shape index (κ2) is 8.72. The number of hydrogen-bond acceptors (Lipinski definition) is 6. The van der Waals surface area contributed by atoms with Crippen molar-refractivity contribution in [1.29, 1.82) is 0 Å². The summed E-state index contributed by atoms with van der Waals surface area (Å²) in [4.78, 5) is 18.2. The van der Waals surface area contributed by atoms with Gasteiger partial charge in [-0.15, -0.1) is 11.8 Å². The molecule has 1 aromatic heterocycles. The van der Waals surface area contributed by atoms with E-state index in [0.717, 1.165) is 43.1 Å². The number of piperazine rings is 1. The monoisotopic (exact) mass is 437 g/mol. The number of nitrogens with zero attached hydrogens (tertiary/aromatic N) is 5. The molecule has 6 heteroatoms. The molecular formula is C25H35N5S. The van der Waals surface area contributed by atoms with Crippen molar-refractivity contribution in [3.05, 3.63) is 48.3 Å². The highest BCUT2D eigenvalue weighted by atomic mass is 32.2. The fraction of sp³-hybridized carbons (Fsp3) is 0.600. The average molecular weight is 438 g/mol. The van der Waals surface area contributed by atoms with Gasteiger partial charge in [0, 0.05) is 73.9 Å². The van der Waals surface area contributed by atoms with E-state index in [1.54, 1.807) is 0 Å². The predicted molar refractivity (Wildman–Crippen MR) is 129 cm³/mol. The van der Waals surface area contributed by atoms with Gasteiger partial charge >= 0.3 is 0 Å². The van der Waals surface area contributed by atoms with Crippen molar-refractivity contribution in [3.63, 3.8) is 0 Å². The summed E-state index contributed by atoms with van der Waals surface area (Å²) in [6, 6.07) is 12.1. The molecule has 1 aliphatic carbocycles. The summed E-state index contributed by atoms with van der Waals surface area (Å²) in [5.74, 6) is 0.890. The van der Waals surface area contributed by atoms with Gasteiger partial charge in [-0.25, -0.2) is 9.97 Å². The van der Waals surface area contributed by atoms with Crippen LogP contribution < -0.4 is 4.90 Å². The van der Waals surface area contributed by atoms with E-state index < -0.39 is 0 Å². The normalized spacial score (nSPS) is 24.4. The van der Waals surface area contributed by atoms with E-state index in [4.69, 9.17) is 0 Å². The Labute approximate surface area is 191 Å². The molecule has 1 unspecified atom stereocenters. The minimum atomic E-state index is 0.463. The molecule has 1 aromatic carbocycles. The summed E-state index contributed by atoms with van der Waals surface area (Å²) in [7, 11) is 0. The third kappa shape index (κ3) is 4.62. The fourth-order valence-electron chi connectivity index (χ4n) is 5.72. The highest BCUT2D eigenvalue weighted by Gasteiger charge is 2.53. The molecule has 1 saturated carbocycles. The molecule has 2 saturated heterocycles. The molecule has 31 heavy (non-hydrogen) atoms. The Bertz CT molecular complexity index is 857. The lowest BCUT2D eigenvalue weighted by atomic mass is 9.60. The smallest absolute Gasteiger partial charge is 0.225 e. The first-order valence-corrected chi connectivity index (χ1v) is 12.6. The highest BCUT2D eigenvalue weighted by Crippen LogP contribution is 2.50. The number of thioether (sulfide) groups is 1. The van der Waals surface area contributed by atoms with Crippen LogP contribution in [0.2, 0.25) is 0 Å². The van der Waals surface area contributed by atoms with Crippen molar-refractivity contribution in [3.8, 4) is 0 Å². The van der Waals surface area contributed by atoms with Gasteiger partial charge in [-0.3, -0.25) is 9.80 Å². The summed E-state index contributed by atoms with van der Waals surface area (Å²) >= 11 is 1.82. The van der Waals surface area contributed by atoms with Gasteiger partial charge in [0.25, 0.3) is 0 Å². The van der Waals surface area contributed by atoms with Crippen LogP contribution in [0.1, 0.15) is 39.2 Å². The Hall–Kier alpha value is -1.63.